The van der Waals surface area contributed by atoms with Crippen LogP contribution in [0.2, 0.25) is 0 Å². The monoisotopic (exact) mass is 914 g/mol. The molecule has 0 spiro atoms. The Kier molecular flexibility index (Phi) is 15.6. The Hall–Kier alpha value is -4.50. The van der Waals surface area contributed by atoms with Crippen LogP contribution in [0.3, 0.4) is 0 Å². The molecule has 0 fully saturated rings. The van der Waals surface area contributed by atoms with E-state index in [-0.39, 0.29) is 19.3 Å². The van der Waals surface area contributed by atoms with Gasteiger partial charge in [0.05, 0.1) is 0 Å². The summed E-state index contributed by atoms with van der Waals surface area (Å²) in [5.74, 6) is 0. The van der Waals surface area contributed by atoms with E-state index in [2.05, 4.69) is 120 Å². The average Bonchev–Trinajstić information content (AvgIpc) is 3.17. The summed E-state index contributed by atoms with van der Waals surface area (Å²) in [5, 5.41) is 19.5. The van der Waals surface area contributed by atoms with Gasteiger partial charge >= 0.3 is 159 Å². The van der Waals surface area contributed by atoms with Crippen molar-refractivity contribution in [2.24, 2.45) is 0 Å². The third-order valence-electron chi connectivity index (χ3n) is 8.78. The number of halogens is 13. The molecule has 0 heterocycles. The van der Waals surface area contributed by atoms with Crippen LogP contribution in [0.1, 0.15) is 34.5 Å². The predicted octanol–water partition coefficient (Wildman–Crippen LogP) is 11.5. The van der Waals surface area contributed by atoms with Gasteiger partial charge in [0.2, 0.25) is 0 Å². The minimum atomic E-state index is -5.92. The minimum Gasteiger partial charge on any atom is -0.369 e. The van der Waals surface area contributed by atoms with Crippen molar-refractivity contribution < 1.29 is 67.7 Å². The normalized spacial score (nSPS) is 13.2. The van der Waals surface area contributed by atoms with Gasteiger partial charge in [-0.05, 0) is 5.56 Å². The molecule has 314 valence electrons. The first kappa shape index (κ1) is 49.6. The van der Waals surface area contributed by atoms with Crippen molar-refractivity contribution >= 4 is 49.1 Å². The van der Waals surface area contributed by atoms with E-state index in [0.29, 0.717) is 29.8 Å². The number of hydrogen-bond donors (Lipinski definition) is 2. The molecule has 0 unspecified atom stereocenters. The zero-order chi connectivity index (χ0) is 43.2. The third-order valence-corrected chi connectivity index (χ3v) is 17.0. The van der Waals surface area contributed by atoms with Crippen LogP contribution in [0.4, 0.5) is 52.7 Å². The number of aldehydes is 1. The van der Waals surface area contributed by atoms with Gasteiger partial charge in [-0.2, -0.15) is 52.7 Å². The molecular weight excluding hydrogens is 879 g/mol. The molecule has 5 rings (SSSR count). The molecule has 5 aromatic carbocycles. The van der Waals surface area contributed by atoms with Crippen LogP contribution >= 0.6 is 20.8 Å². The number of carbonyl (C=O) groups excluding carboxylic acids is 1. The van der Waals surface area contributed by atoms with Gasteiger partial charge in [0, 0.05) is 16.7 Å². The van der Waals surface area contributed by atoms with Gasteiger partial charge in [0.25, 0.3) is 11.2 Å². The Bertz CT molecular complexity index is 1850. The van der Waals surface area contributed by atoms with E-state index >= 15 is 0 Å². The molecule has 0 saturated heterocycles. The fourth-order valence-corrected chi connectivity index (χ4v) is 11.1. The molecule has 5 aromatic rings. The second-order valence-corrected chi connectivity index (χ2v) is 22.1. The Balaban J connectivity index is 0.000000299. The Morgan fingerprint density at radius 1 is 0.483 bits per heavy atom. The van der Waals surface area contributed by atoms with E-state index in [1.807, 2.05) is 0 Å². The molecule has 0 aromatic heterocycles. The molecule has 2 N–H and O–H groups in total. The zero-order valence-electron chi connectivity index (χ0n) is 29.3. The summed E-state index contributed by atoms with van der Waals surface area (Å²) < 4.78 is 149. The van der Waals surface area contributed by atoms with Gasteiger partial charge in [-0.25, -0.2) is 0 Å². The van der Waals surface area contributed by atoms with Crippen LogP contribution in [0, 0.1) is 0 Å². The maximum atomic E-state index is 12.5. The van der Waals surface area contributed by atoms with Crippen molar-refractivity contribution in [2.75, 3.05) is 6.66 Å². The maximum Gasteiger partial charge on any atom is 0.430 e. The Labute approximate surface area is 334 Å². The molecule has 3 nitrogen and oxygen atoms in total. The molecule has 0 aliphatic rings. The third kappa shape index (κ3) is 9.85. The molecule has 17 heteroatoms. The number of rotatable bonds is 7. The van der Waals surface area contributed by atoms with Crippen LogP contribution in [-0.4, -0.2) is 47.9 Å². The number of hydrogen-bond acceptors (Lipinski definition) is 3. The van der Waals surface area contributed by atoms with Crippen LogP contribution in [0.5, 0.6) is 0 Å². The first-order valence-corrected chi connectivity index (χ1v) is 20.8. The molecule has 0 saturated carbocycles. The number of carbonyl (C=O) groups is 1. The average molecular weight is 916 g/mol. The van der Waals surface area contributed by atoms with Crippen molar-refractivity contribution in [3.8, 4) is 0 Å². The summed E-state index contributed by atoms with van der Waals surface area (Å²) >= 11 is 4.24. The van der Waals surface area contributed by atoms with Crippen LogP contribution in [0.25, 0.3) is 6.08 Å². The SMILES string of the molecule is C.C=Cc1ccc(C(O)(C(F)(F)F)C(F)(F)F)cc1.CP(Br)(c1ccccc1)(c1ccccc1)c1ccccc1.O=Cc1ccc(C(O)(C(F)(F)F)C(F)(F)F)cc1. The van der Waals surface area contributed by atoms with Gasteiger partial charge < -0.3 is 10.2 Å². The van der Waals surface area contributed by atoms with E-state index in [9.17, 15) is 57.5 Å². The summed E-state index contributed by atoms with van der Waals surface area (Å²) in [6.45, 7) is 5.68. The molecule has 0 aliphatic heterocycles. The molecule has 0 aliphatic carbocycles. The molecule has 0 bridgehead atoms. The zero-order valence-corrected chi connectivity index (χ0v) is 31.8. The Morgan fingerprint density at radius 2 is 0.724 bits per heavy atom. The smallest absolute Gasteiger partial charge is 0.369 e. The van der Waals surface area contributed by atoms with E-state index in [0.717, 1.165) is 24.3 Å². The summed E-state index contributed by atoms with van der Waals surface area (Å²) in [6, 6.07) is 37.8. The van der Waals surface area contributed by atoms with Crippen molar-refractivity contribution in [2.45, 2.75) is 43.3 Å². The van der Waals surface area contributed by atoms with Gasteiger partial charge in [0.1, 0.15) is 6.29 Å². The summed E-state index contributed by atoms with van der Waals surface area (Å²) in [6.07, 6.45) is -22.1. The quantitative estimate of drug-likeness (QED) is 0.0972. The van der Waals surface area contributed by atoms with Crippen molar-refractivity contribution in [1.82, 2.24) is 0 Å². The molecular formula is C41H36BrF12O3P. The number of alkyl halides is 12. The summed E-state index contributed by atoms with van der Waals surface area (Å²) in [4.78, 5) is 10.3. The van der Waals surface area contributed by atoms with E-state index in [1.165, 1.54) is 22.0 Å². The fraction of sp³-hybridized carbons (Fsp3) is 0.195. The molecule has 0 amide bonds. The maximum absolute atomic E-state index is 12.5. The first-order valence-electron chi connectivity index (χ1n) is 16.1. The first-order chi connectivity index (χ1) is 26.2. The summed E-state index contributed by atoms with van der Waals surface area (Å²) in [5.41, 5.74) is -12.3. The van der Waals surface area contributed by atoms with Crippen molar-refractivity contribution in [3.05, 3.63) is 168 Å². The van der Waals surface area contributed by atoms with Crippen molar-refractivity contribution in [3.63, 3.8) is 0 Å². The van der Waals surface area contributed by atoms with Crippen LogP contribution in [-0.2, 0) is 11.2 Å². The van der Waals surface area contributed by atoms with Gasteiger partial charge in [0.15, 0.2) is 0 Å². The molecule has 0 atom stereocenters. The van der Waals surface area contributed by atoms with Crippen LogP contribution in [0.15, 0.2) is 146 Å². The molecule has 58 heavy (non-hydrogen) atoms. The van der Waals surface area contributed by atoms with E-state index in [1.54, 1.807) is 0 Å². The van der Waals surface area contributed by atoms with E-state index in [4.69, 9.17) is 10.2 Å². The number of benzene rings is 5. The largest absolute Gasteiger partial charge is 0.430 e. The van der Waals surface area contributed by atoms with Gasteiger partial charge in [-0.15, -0.1) is 0 Å². The number of aliphatic hydroxyl groups is 2. The second kappa shape index (κ2) is 18.2. The standard InChI is InChI=1S/C19H18BrP.C11H8F6O.C10H6F6O2.CH4/c1-21(20,17-11-5-2-6-12-17,18-13-7-3-8-14-18)19-15-9-4-10-16-19;1-2-7-3-5-8(6-4-7)9(18,10(12,13)14)11(15,16)17;11-9(12,13)8(18,10(14,15)16)7-3-1-6(5-17)2-4-7;/h2-16H,1H3;2-6,18H,1H2;1-5,18H;1H4. The van der Waals surface area contributed by atoms with Gasteiger partial charge in [-0.1, -0.05) is 68.6 Å². The van der Waals surface area contributed by atoms with E-state index < -0.39 is 52.3 Å². The van der Waals surface area contributed by atoms with Gasteiger partial charge in [-0.3, -0.25) is 4.79 Å². The topological polar surface area (TPSA) is 57.5 Å². The predicted molar refractivity (Wildman–Crippen MR) is 207 cm³/mol. The van der Waals surface area contributed by atoms with Crippen molar-refractivity contribution in [1.29, 1.82) is 0 Å². The minimum absolute atomic E-state index is 0. The van der Waals surface area contributed by atoms with Crippen LogP contribution < -0.4 is 15.9 Å². The molecule has 0 radical (unpaired) electrons. The fourth-order valence-electron chi connectivity index (χ4n) is 5.43. The summed E-state index contributed by atoms with van der Waals surface area (Å²) in [7, 11) is 0. The second-order valence-electron chi connectivity index (χ2n) is 12.4. The Morgan fingerprint density at radius 3 is 0.931 bits per heavy atom.